The Morgan fingerprint density at radius 1 is 0.519 bits per heavy atom. The van der Waals surface area contributed by atoms with Crippen molar-refractivity contribution in [3.63, 3.8) is 0 Å². The number of carbonyl (C=O) groups is 2. The van der Waals surface area contributed by atoms with E-state index in [-0.39, 0.29) is 32.0 Å². The van der Waals surface area contributed by atoms with Crippen LogP contribution in [0.1, 0.15) is 188 Å². The van der Waals surface area contributed by atoms with E-state index >= 15 is 0 Å². The van der Waals surface area contributed by atoms with Crippen molar-refractivity contribution in [3.8, 4) is 0 Å². The lowest BCUT2D eigenvalue weighted by Gasteiger charge is -2.19. The van der Waals surface area contributed by atoms with Crippen LogP contribution in [0.2, 0.25) is 0 Å². The van der Waals surface area contributed by atoms with Crippen molar-refractivity contribution in [3.05, 3.63) is 60.8 Å². The lowest BCUT2D eigenvalue weighted by atomic mass is 10.1. The minimum Gasteiger partial charge on any atom is -0.462 e. The Labute approximate surface area is 330 Å². The summed E-state index contributed by atoms with van der Waals surface area (Å²) in [5, 5.41) is 0. The van der Waals surface area contributed by atoms with Crippen molar-refractivity contribution in [2.75, 3.05) is 19.8 Å². The van der Waals surface area contributed by atoms with Crippen LogP contribution in [-0.4, -0.2) is 42.8 Å². The first-order valence-electron chi connectivity index (χ1n) is 21.6. The van der Waals surface area contributed by atoms with Crippen LogP contribution in [0.4, 0.5) is 0 Å². The van der Waals surface area contributed by atoms with E-state index in [1.165, 1.54) is 64.2 Å². The number of esters is 2. The second-order valence-electron chi connectivity index (χ2n) is 14.0. The van der Waals surface area contributed by atoms with E-state index < -0.39 is 26.5 Å². The molecule has 0 aliphatic carbocycles. The molecule has 0 saturated carbocycles. The maximum absolute atomic E-state index is 12.6. The Morgan fingerprint density at radius 3 is 1.43 bits per heavy atom. The van der Waals surface area contributed by atoms with Gasteiger partial charge in [0.1, 0.15) is 6.61 Å². The van der Waals surface area contributed by atoms with Gasteiger partial charge in [0.05, 0.1) is 13.2 Å². The fourth-order valence-electron chi connectivity index (χ4n) is 5.67. The quantitative estimate of drug-likeness (QED) is 0.0284. The topological polar surface area (TPSA) is 108 Å². The number of unbranched alkanes of at least 4 members (excludes halogenated alkanes) is 17. The molecule has 0 rings (SSSR count). The number of carbonyl (C=O) groups excluding carboxylic acids is 2. The molecule has 0 aromatic carbocycles. The van der Waals surface area contributed by atoms with Crippen LogP contribution in [0, 0.1) is 0 Å². The third kappa shape index (κ3) is 39.4. The number of hydrogen-bond acceptors (Lipinski definition) is 7. The van der Waals surface area contributed by atoms with Crippen LogP contribution in [0.5, 0.6) is 0 Å². The van der Waals surface area contributed by atoms with Crippen LogP contribution < -0.4 is 0 Å². The van der Waals surface area contributed by atoms with E-state index in [2.05, 4.69) is 74.6 Å². The molecule has 54 heavy (non-hydrogen) atoms. The fourth-order valence-corrected chi connectivity index (χ4v) is 6.43. The van der Waals surface area contributed by atoms with E-state index in [9.17, 15) is 19.0 Å². The molecule has 0 heterocycles. The van der Waals surface area contributed by atoms with E-state index in [1.807, 2.05) is 0 Å². The van der Waals surface area contributed by atoms with E-state index in [4.69, 9.17) is 18.5 Å². The predicted octanol–water partition coefficient (Wildman–Crippen LogP) is 13.6. The molecule has 0 aromatic heterocycles. The number of hydrogen-bond donors (Lipinski definition) is 1. The number of ether oxygens (including phenoxy) is 2. The van der Waals surface area contributed by atoms with Gasteiger partial charge in [-0.05, 0) is 84.0 Å². The maximum atomic E-state index is 12.6. The molecule has 0 radical (unpaired) electrons. The summed E-state index contributed by atoms with van der Waals surface area (Å²) < 4.78 is 32.6. The lowest BCUT2D eigenvalue weighted by molar-refractivity contribution is -0.161. The standard InChI is InChI=1S/C45H79O8P/c1-4-7-9-11-13-15-17-19-21-23-25-27-29-31-33-35-37-39-44(46)50-41-43(42-52-54(48,49)51-6-3)53-45(47)40-38-36-34-32-30-28-26-24-22-20-18-16-14-12-10-8-5-2/h8,10,13-16,19-22,43H,4-7,9,11-12,17-18,23-42H2,1-3H3,(H,48,49)/b10-8-,15-13-,16-14-,21-19-,22-20-. The summed E-state index contributed by atoms with van der Waals surface area (Å²) >= 11 is 0. The van der Waals surface area contributed by atoms with Crippen molar-refractivity contribution < 1.29 is 37.6 Å². The first kappa shape index (κ1) is 51.8. The SMILES string of the molecule is CC/C=C\C/C=C\C/C=C\CCCCCCCCCC(=O)OC(COC(=O)CCCCCCCCC/C=C\C/C=C\CCCCC)COP(=O)(O)OCC. The zero-order valence-electron chi connectivity index (χ0n) is 34.6. The maximum Gasteiger partial charge on any atom is 0.472 e. The van der Waals surface area contributed by atoms with Crippen molar-refractivity contribution in [1.82, 2.24) is 0 Å². The molecular weight excluding hydrogens is 699 g/mol. The molecule has 0 amide bonds. The monoisotopic (exact) mass is 779 g/mol. The van der Waals surface area contributed by atoms with Crippen LogP contribution in [0.15, 0.2) is 60.8 Å². The normalized spacial score (nSPS) is 13.9. The van der Waals surface area contributed by atoms with Crippen LogP contribution in [0.3, 0.4) is 0 Å². The Morgan fingerprint density at radius 2 is 0.944 bits per heavy atom. The average Bonchev–Trinajstić information content (AvgIpc) is 3.15. The summed E-state index contributed by atoms with van der Waals surface area (Å²) in [6.07, 6.45) is 48.4. The molecule has 0 aromatic rings. The van der Waals surface area contributed by atoms with E-state index in [0.717, 1.165) is 83.5 Å². The highest BCUT2D eigenvalue weighted by Gasteiger charge is 2.25. The van der Waals surface area contributed by atoms with Gasteiger partial charge < -0.3 is 14.4 Å². The molecule has 8 nitrogen and oxygen atoms in total. The number of rotatable bonds is 39. The molecule has 0 saturated heterocycles. The third-order valence-electron chi connectivity index (χ3n) is 8.81. The summed E-state index contributed by atoms with van der Waals surface area (Å²) in [5.41, 5.74) is 0. The van der Waals surface area contributed by atoms with Gasteiger partial charge in [0, 0.05) is 12.8 Å². The minimum atomic E-state index is -4.29. The molecule has 312 valence electrons. The first-order valence-corrected chi connectivity index (χ1v) is 23.1. The van der Waals surface area contributed by atoms with Gasteiger partial charge >= 0.3 is 19.8 Å². The van der Waals surface area contributed by atoms with Gasteiger partial charge in [-0.3, -0.25) is 18.6 Å². The Kier molecular flexibility index (Phi) is 38.7. The van der Waals surface area contributed by atoms with Crippen LogP contribution in [0.25, 0.3) is 0 Å². The van der Waals surface area contributed by atoms with Gasteiger partial charge in [0.25, 0.3) is 0 Å². The molecular formula is C45H79O8P. The second-order valence-corrected chi connectivity index (χ2v) is 15.4. The zero-order chi connectivity index (χ0) is 39.6. The Bertz CT molecular complexity index is 1060. The van der Waals surface area contributed by atoms with Crippen molar-refractivity contribution in [2.45, 2.75) is 194 Å². The summed E-state index contributed by atoms with van der Waals surface area (Å²) in [7, 11) is -4.29. The Balaban J connectivity index is 4.12. The fraction of sp³-hybridized carbons (Fsp3) is 0.733. The van der Waals surface area contributed by atoms with Gasteiger partial charge in [0.15, 0.2) is 6.10 Å². The highest BCUT2D eigenvalue weighted by Crippen LogP contribution is 2.43. The summed E-state index contributed by atoms with van der Waals surface area (Å²) in [4.78, 5) is 34.8. The molecule has 0 bridgehead atoms. The highest BCUT2D eigenvalue weighted by molar-refractivity contribution is 7.47. The average molecular weight is 779 g/mol. The van der Waals surface area contributed by atoms with Gasteiger partial charge in [-0.1, -0.05) is 152 Å². The number of phosphoric acid groups is 1. The molecule has 0 aliphatic heterocycles. The molecule has 0 spiro atoms. The van der Waals surface area contributed by atoms with Gasteiger partial charge in [-0.2, -0.15) is 0 Å². The molecule has 0 aliphatic rings. The molecule has 2 unspecified atom stereocenters. The summed E-state index contributed by atoms with van der Waals surface area (Å²) in [6.45, 7) is 5.32. The third-order valence-corrected chi connectivity index (χ3v) is 9.87. The van der Waals surface area contributed by atoms with Crippen molar-refractivity contribution in [1.29, 1.82) is 0 Å². The van der Waals surface area contributed by atoms with Crippen molar-refractivity contribution in [2.24, 2.45) is 0 Å². The number of phosphoric ester groups is 1. The number of allylic oxidation sites excluding steroid dienone is 10. The first-order chi connectivity index (χ1) is 26.3. The molecule has 9 heteroatoms. The van der Waals surface area contributed by atoms with E-state index in [0.29, 0.717) is 6.42 Å². The molecule has 0 fully saturated rings. The van der Waals surface area contributed by atoms with Crippen LogP contribution >= 0.6 is 7.82 Å². The predicted molar refractivity (Wildman–Crippen MR) is 225 cm³/mol. The minimum absolute atomic E-state index is 0.00554. The highest BCUT2D eigenvalue weighted by atomic mass is 31.2. The zero-order valence-corrected chi connectivity index (χ0v) is 35.5. The molecule has 1 N–H and O–H groups in total. The van der Waals surface area contributed by atoms with Gasteiger partial charge in [0.2, 0.25) is 0 Å². The van der Waals surface area contributed by atoms with E-state index in [1.54, 1.807) is 6.92 Å². The second kappa shape index (κ2) is 40.4. The lowest BCUT2D eigenvalue weighted by Crippen LogP contribution is -2.29. The summed E-state index contributed by atoms with van der Waals surface area (Å²) in [6, 6.07) is 0. The largest absolute Gasteiger partial charge is 0.472 e. The smallest absolute Gasteiger partial charge is 0.462 e. The Hall–Kier alpha value is -2.25. The molecule has 2 atom stereocenters. The van der Waals surface area contributed by atoms with Crippen LogP contribution in [-0.2, 0) is 32.7 Å². The van der Waals surface area contributed by atoms with Gasteiger partial charge in [-0.15, -0.1) is 0 Å². The summed E-state index contributed by atoms with van der Waals surface area (Å²) in [5.74, 6) is -0.820. The van der Waals surface area contributed by atoms with Crippen molar-refractivity contribution >= 4 is 19.8 Å². The van der Waals surface area contributed by atoms with Gasteiger partial charge in [-0.25, -0.2) is 4.57 Å².